The van der Waals surface area contributed by atoms with Crippen LogP contribution in [-0.2, 0) is 9.53 Å². The van der Waals surface area contributed by atoms with Crippen molar-refractivity contribution >= 4 is 28.8 Å². The molecule has 0 saturated carbocycles. The second kappa shape index (κ2) is 8.63. The van der Waals surface area contributed by atoms with Gasteiger partial charge in [-0.15, -0.1) is 0 Å². The van der Waals surface area contributed by atoms with Crippen molar-refractivity contribution in [2.24, 2.45) is 5.73 Å². The number of carbonyl (C=O) groups excluding carboxylic acids is 1. The van der Waals surface area contributed by atoms with E-state index in [0.717, 1.165) is 5.56 Å². The van der Waals surface area contributed by atoms with Gasteiger partial charge in [-0.3, -0.25) is 9.69 Å². The Labute approximate surface area is 125 Å². The Morgan fingerprint density at radius 3 is 2.90 bits per heavy atom. The average Bonchev–Trinajstić information content (AvgIpc) is 2.39. The standard InChI is InChI=1S/C14H21N3O2S/c1-3-19-8-7-17(2)10-13(18)16-12-6-4-5-11(9-12)14(15)20/h4-6,9H,3,7-8,10H2,1-2H3,(H2,15,20)(H,16,18). The summed E-state index contributed by atoms with van der Waals surface area (Å²) in [6.07, 6.45) is 0. The maximum Gasteiger partial charge on any atom is 0.238 e. The summed E-state index contributed by atoms with van der Waals surface area (Å²) in [5.41, 5.74) is 6.99. The fourth-order valence-electron chi connectivity index (χ4n) is 1.64. The molecule has 20 heavy (non-hydrogen) atoms. The van der Waals surface area contributed by atoms with Gasteiger partial charge in [0.05, 0.1) is 13.2 Å². The Balaban J connectivity index is 2.45. The van der Waals surface area contributed by atoms with Crippen molar-refractivity contribution in [1.29, 1.82) is 0 Å². The van der Waals surface area contributed by atoms with Gasteiger partial charge in [-0.1, -0.05) is 24.4 Å². The molecule has 1 rings (SSSR count). The molecule has 0 unspecified atom stereocenters. The summed E-state index contributed by atoms with van der Waals surface area (Å²) in [5, 5.41) is 2.82. The zero-order valence-corrected chi connectivity index (χ0v) is 12.7. The highest BCUT2D eigenvalue weighted by atomic mass is 32.1. The van der Waals surface area contributed by atoms with Crippen LogP contribution in [0.25, 0.3) is 0 Å². The highest BCUT2D eigenvalue weighted by Crippen LogP contribution is 2.10. The Morgan fingerprint density at radius 1 is 1.50 bits per heavy atom. The lowest BCUT2D eigenvalue weighted by atomic mass is 10.2. The van der Waals surface area contributed by atoms with E-state index in [4.69, 9.17) is 22.7 Å². The third-order valence-corrected chi connectivity index (χ3v) is 2.90. The first-order valence-corrected chi connectivity index (χ1v) is 6.89. The van der Waals surface area contributed by atoms with Crippen molar-refractivity contribution in [3.05, 3.63) is 29.8 Å². The molecule has 0 fully saturated rings. The van der Waals surface area contributed by atoms with Crippen LogP contribution in [0.2, 0.25) is 0 Å². The smallest absolute Gasteiger partial charge is 0.238 e. The van der Waals surface area contributed by atoms with E-state index in [2.05, 4.69) is 5.32 Å². The second-order valence-corrected chi connectivity index (χ2v) is 4.87. The van der Waals surface area contributed by atoms with E-state index in [9.17, 15) is 4.79 Å². The van der Waals surface area contributed by atoms with Crippen molar-refractivity contribution < 1.29 is 9.53 Å². The molecule has 1 aromatic carbocycles. The number of amides is 1. The fraction of sp³-hybridized carbons (Fsp3) is 0.429. The lowest BCUT2D eigenvalue weighted by molar-refractivity contribution is -0.117. The van der Waals surface area contributed by atoms with E-state index in [1.54, 1.807) is 12.1 Å². The molecule has 1 amide bonds. The van der Waals surface area contributed by atoms with Crippen LogP contribution < -0.4 is 11.1 Å². The van der Waals surface area contributed by atoms with Crippen LogP contribution in [0, 0.1) is 0 Å². The molecule has 5 nitrogen and oxygen atoms in total. The van der Waals surface area contributed by atoms with Gasteiger partial charge in [0.2, 0.25) is 5.91 Å². The molecular weight excluding hydrogens is 274 g/mol. The second-order valence-electron chi connectivity index (χ2n) is 4.43. The number of hydrogen-bond acceptors (Lipinski definition) is 4. The van der Waals surface area contributed by atoms with Crippen molar-refractivity contribution in [3.63, 3.8) is 0 Å². The highest BCUT2D eigenvalue weighted by molar-refractivity contribution is 7.80. The molecule has 1 aromatic rings. The zero-order chi connectivity index (χ0) is 15.0. The summed E-state index contributed by atoms with van der Waals surface area (Å²) >= 11 is 4.91. The van der Waals surface area contributed by atoms with Gasteiger partial charge in [0, 0.05) is 24.4 Å². The van der Waals surface area contributed by atoms with Crippen LogP contribution in [0.15, 0.2) is 24.3 Å². The van der Waals surface area contributed by atoms with Gasteiger partial charge in [-0.05, 0) is 26.1 Å². The van der Waals surface area contributed by atoms with Crippen molar-refractivity contribution in [2.45, 2.75) is 6.92 Å². The highest BCUT2D eigenvalue weighted by Gasteiger charge is 2.07. The van der Waals surface area contributed by atoms with Gasteiger partial charge in [0.15, 0.2) is 0 Å². The molecule has 0 atom stereocenters. The van der Waals surface area contributed by atoms with Crippen LogP contribution in [0.1, 0.15) is 12.5 Å². The number of thiocarbonyl (C=S) groups is 1. The number of ether oxygens (including phenoxy) is 1. The molecule has 6 heteroatoms. The third kappa shape index (κ3) is 6.10. The van der Waals surface area contributed by atoms with Crippen molar-refractivity contribution in [2.75, 3.05) is 38.7 Å². The topological polar surface area (TPSA) is 67.6 Å². The molecule has 0 aliphatic rings. The van der Waals surface area contributed by atoms with Crippen molar-refractivity contribution in [3.8, 4) is 0 Å². The Hall–Kier alpha value is -1.50. The number of nitrogens with zero attached hydrogens (tertiary/aromatic N) is 1. The monoisotopic (exact) mass is 295 g/mol. The SMILES string of the molecule is CCOCCN(C)CC(=O)Nc1cccc(C(N)=S)c1. The number of nitrogens with one attached hydrogen (secondary N) is 1. The van der Waals surface area contributed by atoms with E-state index in [-0.39, 0.29) is 5.91 Å². The Kier molecular flexibility index (Phi) is 7.14. The van der Waals surface area contributed by atoms with E-state index in [0.29, 0.717) is 37.0 Å². The predicted molar refractivity (Wildman–Crippen MR) is 84.9 cm³/mol. The summed E-state index contributed by atoms with van der Waals surface area (Å²) in [7, 11) is 1.88. The Bertz CT molecular complexity index is 465. The molecule has 0 aliphatic heterocycles. The molecule has 110 valence electrons. The van der Waals surface area contributed by atoms with Gasteiger partial charge in [-0.25, -0.2) is 0 Å². The number of carbonyl (C=O) groups is 1. The van der Waals surface area contributed by atoms with E-state index >= 15 is 0 Å². The third-order valence-electron chi connectivity index (χ3n) is 2.67. The Morgan fingerprint density at radius 2 is 2.25 bits per heavy atom. The van der Waals surface area contributed by atoms with Crippen LogP contribution in [-0.4, -0.2) is 49.1 Å². The number of anilines is 1. The van der Waals surface area contributed by atoms with Crippen molar-refractivity contribution in [1.82, 2.24) is 4.90 Å². The maximum atomic E-state index is 11.9. The minimum atomic E-state index is -0.0795. The molecule has 0 bridgehead atoms. The molecule has 0 heterocycles. The molecule has 0 spiro atoms. The first-order valence-electron chi connectivity index (χ1n) is 6.49. The van der Waals surface area contributed by atoms with Gasteiger partial charge >= 0.3 is 0 Å². The van der Waals surface area contributed by atoms with E-state index < -0.39 is 0 Å². The normalized spacial score (nSPS) is 10.6. The minimum Gasteiger partial charge on any atom is -0.389 e. The largest absolute Gasteiger partial charge is 0.389 e. The minimum absolute atomic E-state index is 0.0795. The van der Waals surface area contributed by atoms with Crippen LogP contribution in [0.5, 0.6) is 0 Å². The number of benzene rings is 1. The molecule has 0 radical (unpaired) electrons. The van der Waals surface area contributed by atoms with Gasteiger partial charge in [-0.2, -0.15) is 0 Å². The number of nitrogens with two attached hydrogens (primary N) is 1. The van der Waals surface area contributed by atoms with E-state index in [1.165, 1.54) is 0 Å². The number of rotatable bonds is 8. The predicted octanol–water partition coefficient (Wildman–Crippen LogP) is 1.23. The first-order chi connectivity index (χ1) is 9.52. The molecule has 0 saturated heterocycles. The summed E-state index contributed by atoms with van der Waals surface area (Å²) < 4.78 is 5.24. The van der Waals surface area contributed by atoms with Gasteiger partial charge < -0.3 is 15.8 Å². The summed E-state index contributed by atoms with van der Waals surface area (Å²) in [4.78, 5) is 14.1. The van der Waals surface area contributed by atoms with Crippen LogP contribution >= 0.6 is 12.2 Å². The molecule has 3 N–H and O–H groups in total. The lowest BCUT2D eigenvalue weighted by Gasteiger charge is -2.16. The zero-order valence-electron chi connectivity index (χ0n) is 11.9. The van der Waals surface area contributed by atoms with E-state index in [1.807, 2.05) is 31.0 Å². The summed E-state index contributed by atoms with van der Waals surface area (Å²) in [5.74, 6) is -0.0795. The molecular formula is C14H21N3O2S. The van der Waals surface area contributed by atoms with Crippen LogP contribution in [0.3, 0.4) is 0 Å². The van der Waals surface area contributed by atoms with Gasteiger partial charge in [0.1, 0.15) is 4.99 Å². The summed E-state index contributed by atoms with van der Waals surface area (Å²) in [6.45, 7) is 4.28. The molecule has 0 aromatic heterocycles. The fourth-order valence-corrected chi connectivity index (χ4v) is 1.77. The first kappa shape index (κ1) is 16.6. The average molecular weight is 295 g/mol. The quantitative estimate of drug-likeness (QED) is 0.558. The maximum absolute atomic E-state index is 11.9. The van der Waals surface area contributed by atoms with Crippen LogP contribution in [0.4, 0.5) is 5.69 Å². The molecule has 0 aliphatic carbocycles. The number of hydrogen-bond donors (Lipinski definition) is 2. The van der Waals surface area contributed by atoms with Gasteiger partial charge in [0.25, 0.3) is 0 Å². The lowest BCUT2D eigenvalue weighted by Crippen LogP contribution is -2.32. The number of likely N-dealkylation sites (N-methyl/N-ethyl adjacent to an activating group) is 1. The summed E-state index contributed by atoms with van der Waals surface area (Å²) in [6, 6.07) is 7.19.